The Kier molecular flexibility index (Phi) is 4.95. The molecule has 134 valence electrons. The molecule has 0 atom stereocenters. The van der Waals surface area contributed by atoms with Gasteiger partial charge in [-0.2, -0.15) is 0 Å². The molecule has 1 saturated heterocycles. The van der Waals surface area contributed by atoms with Crippen molar-refractivity contribution >= 4 is 44.3 Å². The van der Waals surface area contributed by atoms with Crippen LogP contribution >= 0.6 is 22.9 Å². The smallest absolute Gasteiger partial charge is 0.317 e. The zero-order chi connectivity index (χ0) is 17.9. The van der Waals surface area contributed by atoms with E-state index in [9.17, 15) is 4.79 Å². The fraction of sp³-hybridized carbons (Fsp3) is 0.263. The summed E-state index contributed by atoms with van der Waals surface area (Å²) in [6, 6.07) is 15.7. The molecule has 1 aromatic heterocycles. The van der Waals surface area contributed by atoms with Crippen molar-refractivity contribution in [1.29, 1.82) is 0 Å². The number of carbonyl (C=O) groups excluding carboxylic acids is 1. The van der Waals surface area contributed by atoms with Crippen LogP contribution in [0, 0.1) is 0 Å². The third-order valence-electron chi connectivity index (χ3n) is 4.48. The first-order chi connectivity index (χ1) is 12.7. The highest BCUT2D eigenvalue weighted by Crippen LogP contribution is 2.29. The summed E-state index contributed by atoms with van der Waals surface area (Å²) in [5, 5.41) is 4.71. The average Bonchev–Trinajstić information content (AvgIpc) is 3.12. The first-order valence-electron chi connectivity index (χ1n) is 8.57. The van der Waals surface area contributed by atoms with Gasteiger partial charge in [-0.25, -0.2) is 9.78 Å². The monoisotopic (exact) mass is 386 g/mol. The van der Waals surface area contributed by atoms with Gasteiger partial charge in [0.25, 0.3) is 0 Å². The largest absolute Gasteiger partial charge is 0.345 e. The van der Waals surface area contributed by atoms with Crippen molar-refractivity contribution in [3.05, 3.63) is 59.1 Å². The summed E-state index contributed by atoms with van der Waals surface area (Å²) in [6.45, 7) is 3.50. The van der Waals surface area contributed by atoms with Crippen LogP contribution in [0.1, 0.15) is 5.56 Å². The number of fused-ring (bicyclic) bond motifs is 1. The van der Waals surface area contributed by atoms with Crippen LogP contribution in [-0.2, 0) is 6.54 Å². The van der Waals surface area contributed by atoms with E-state index in [0.717, 1.165) is 29.3 Å². The van der Waals surface area contributed by atoms with Crippen LogP contribution in [0.4, 0.5) is 9.93 Å². The van der Waals surface area contributed by atoms with Crippen molar-refractivity contribution in [2.75, 3.05) is 31.1 Å². The van der Waals surface area contributed by atoms with Gasteiger partial charge in [-0.3, -0.25) is 0 Å². The van der Waals surface area contributed by atoms with Gasteiger partial charge in [-0.05, 0) is 29.8 Å². The van der Waals surface area contributed by atoms with Crippen LogP contribution in [0.25, 0.3) is 10.2 Å². The third kappa shape index (κ3) is 3.76. The molecule has 4 rings (SSSR count). The number of anilines is 1. The molecule has 5 nitrogen and oxygen atoms in total. The van der Waals surface area contributed by atoms with Crippen molar-refractivity contribution in [3.63, 3.8) is 0 Å². The fourth-order valence-corrected chi connectivity index (χ4v) is 4.13. The minimum Gasteiger partial charge on any atom is -0.345 e. The topological polar surface area (TPSA) is 48.5 Å². The Balaban J connectivity index is 1.31. The lowest BCUT2D eigenvalue weighted by atomic mass is 10.2. The van der Waals surface area contributed by atoms with E-state index in [-0.39, 0.29) is 6.03 Å². The molecule has 0 radical (unpaired) electrons. The lowest BCUT2D eigenvalue weighted by Crippen LogP contribution is -2.51. The second-order valence-electron chi connectivity index (χ2n) is 6.22. The van der Waals surface area contributed by atoms with Crippen molar-refractivity contribution in [1.82, 2.24) is 15.2 Å². The number of thiazole rings is 1. The Labute approximate surface area is 161 Å². The number of hydrogen-bond acceptors (Lipinski definition) is 4. The van der Waals surface area contributed by atoms with Crippen LogP contribution in [0.5, 0.6) is 0 Å². The first-order valence-corrected chi connectivity index (χ1v) is 9.76. The van der Waals surface area contributed by atoms with Crippen LogP contribution in [-0.4, -0.2) is 42.1 Å². The number of aromatic nitrogens is 1. The summed E-state index contributed by atoms with van der Waals surface area (Å²) < 4.78 is 1.20. The van der Waals surface area contributed by atoms with Gasteiger partial charge in [0, 0.05) is 37.7 Å². The average molecular weight is 387 g/mol. The molecule has 3 aromatic rings. The minimum atomic E-state index is -0.0242. The number of nitrogens with one attached hydrogen (secondary N) is 1. The highest BCUT2D eigenvalue weighted by Gasteiger charge is 2.22. The zero-order valence-corrected chi connectivity index (χ0v) is 15.8. The Morgan fingerprint density at radius 2 is 1.81 bits per heavy atom. The maximum Gasteiger partial charge on any atom is 0.317 e. The van der Waals surface area contributed by atoms with E-state index in [1.54, 1.807) is 11.3 Å². The number of amides is 2. The number of hydrogen-bond donors (Lipinski definition) is 1. The van der Waals surface area contributed by atoms with E-state index >= 15 is 0 Å². The molecular formula is C19H19ClN4OS. The van der Waals surface area contributed by atoms with Crippen molar-refractivity contribution in [3.8, 4) is 0 Å². The molecule has 1 fully saturated rings. The highest BCUT2D eigenvalue weighted by atomic mass is 35.5. The number of rotatable bonds is 3. The Bertz CT molecular complexity index is 870. The van der Waals surface area contributed by atoms with Crippen molar-refractivity contribution < 1.29 is 4.79 Å². The summed E-state index contributed by atoms with van der Waals surface area (Å²) in [7, 11) is 0. The van der Waals surface area contributed by atoms with Gasteiger partial charge in [-0.1, -0.05) is 47.2 Å². The molecular weight excluding hydrogens is 368 g/mol. The van der Waals surface area contributed by atoms with Crippen LogP contribution in [0.15, 0.2) is 48.5 Å². The predicted octanol–water partition coefficient (Wildman–Crippen LogP) is 3.98. The molecule has 0 bridgehead atoms. The third-order valence-corrected chi connectivity index (χ3v) is 5.83. The van der Waals surface area contributed by atoms with E-state index in [2.05, 4.69) is 16.3 Å². The summed E-state index contributed by atoms with van der Waals surface area (Å²) in [4.78, 5) is 21.2. The Hall–Kier alpha value is -2.31. The molecule has 1 aliphatic heterocycles. The number of nitrogens with zero attached hydrogens (tertiary/aromatic N) is 3. The molecule has 0 spiro atoms. The van der Waals surface area contributed by atoms with Gasteiger partial charge in [0.2, 0.25) is 0 Å². The maximum atomic E-state index is 12.4. The lowest BCUT2D eigenvalue weighted by molar-refractivity contribution is 0.194. The molecule has 2 heterocycles. The van der Waals surface area contributed by atoms with Gasteiger partial charge in [0.15, 0.2) is 5.13 Å². The molecule has 7 heteroatoms. The van der Waals surface area contributed by atoms with Gasteiger partial charge in [-0.15, -0.1) is 0 Å². The maximum absolute atomic E-state index is 12.4. The number of piperazine rings is 1. The fourth-order valence-electron chi connectivity index (χ4n) is 2.99. The normalized spacial score (nSPS) is 14.7. The van der Waals surface area contributed by atoms with Gasteiger partial charge < -0.3 is 15.1 Å². The number of para-hydroxylation sites is 1. The minimum absolute atomic E-state index is 0.0242. The van der Waals surface area contributed by atoms with Crippen LogP contribution in [0.2, 0.25) is 5.02 Å². The molecule has 2 aromatic carbocycles. The quantitative estimate of drug-likeness (QED) is 0.740. The second-order valence-corrected chi connectivity index (χ2v) is 7.67. The van der Waals surface area contributed by atoms with Crippen molar-refractivity contribution in [2.45, 2.75) is 6.54 Å². The first kappa shape index (κ1) is 17.1. The van der Waals surface area contributed by atoms with Gasteiger partial charge in [0.05, 0.1) is 10.2 Å². The van der Waals surface area contributed by atoms with E-state index in [0.29, 0.717) is 24.7 Å². The second kappa shape index (κ2) is 7.51. The molecule has 0 saturated carbocycles. The van der Waals surface area contributed by atoms with E-state index in [4.69, 9.17) is 16.6 Å². The molecule has 26 heavy (non-hydrogen) atoms. The van der Waals surface area contributed by atoms with Gasteiger partial charge in [0.1, 0.15) is 0 Å². The lowest BCUT2D eigenvalue weighted by Gasteiger charge is -2.34. The highest BCUT2D eigenvalue weighted by molar-refractivity contribution is 7.22. The van der Waals surface area contributed by atoms with E-state index in [1.807, 2.05) is 47.4 Å². The summed E-state index contributed by atoms with van der Waals surface area (Å²) in [6.07, 6.45) is 0. The van der Waals surface area contributed by atoms with E-state index < -0.39 is 0 Å². The molecule has 1 N–H and O–H groups in total. The van der Waals surface area contributed by atoms with Crippen molar-refractivity contribution in [2.24, 2.45) is 0 Å². The summed E-state index contributed by atoms with van der Waals surface area (Å²) >= 11 is 7.59. The molecule has 2 amide bonds. The Morgan fingerprint density at radius 3 is 2.54 bits per heavy atom. The molecule has 1 aliphatic rings. The van der Waals surface area contributed by atoms with Crippen LogP contribution < -0.4 is 10.2 Å². The molecule has 0 unspecified atom stereocenters. The number of carbonyl (C=O) groups is 1. The standard InChI is InChI=1S/C19H19ClN4OS/c20-15-7-5-14(6-8-15)13-21-18(25)23-9-11-24(12-10-23)19-22-16-3-1-2-4-17(16)26-19/h1-8H,9-13H2,(H,21,25). The number of benzene rings is 2. The number of urea groups is 1. The SMILES string of the molecule is O=C(NCc1ccc(Cl)cc1)N1CCN(c2nc3ccccc3s2)CC1. The molecule has 0 aliphatic carbocycles. The predicted molar refractivity (Wildman–Crippen MR) is 107 cm³/mol. The Morgan fingerprint density at radius 1 is 1.08 bits per heavy atom. The summed E-state index contributed by atoms with van der Waals surface area (Å²) in [5.41, 5.74) is 2.08. The van der Waals surface area contributed by atoms with E-state index in [1.165, 1.54) is 4.70 Å². The summed E-state index contributed by atoms with van der Waals surface area (Å²) in [5.74, 6) is 0. The zero-order valence-electron chi connectivity index (χ0n) is 14.2. The van der Waals surface area contributed by atoms with Crippen LogP contribution in [0.3, 0.4) is 0 Å². The van der Waals surface area contributed by atoms with Gasteiger partial charge >= 0.3 is 6.03 Å². The number of halogens is 1.